The third kappa shape index (κ3) is 3.53. The van der Waals surface area contributed by atoms with Gasteiger partial charge in [-0.25, -0.2) is 0 Å². The minimum atomic E-state index is -0.541. The Bertz CT molecular complexity index is 462. The zero-order chi connectivity index (χ0) is 13.8. The van der Waals surface area contributed by atoms with Crippen molar-refractivity contribution >= 4 is 11.8 Å². The van der Waals surface area contributed by atoms with Gasteiger partial charge in [0.15, 0.2) is 0 Å². The number of nitrogens with one attached hydrogen (secondary N) is 1. The van der Waals surface area contributed by atoms with Gasteiger partial charge < -0.3 is 11.1 Å². The lowest BCUT2D eigenvalue weighted by Crippen LogP contribution is -2.37. The van der Waals surface area contributed by atoms with Crippen molar-refractivity contribution in [3.8, 4) is 0 Å². The summed E-state index contributed by atoms with van der Waals surface area (Å²) in [5, 5.41) is 2.99. The first-order valence-electron chi connectivity index (χ1n) is 6.63. The van der Waals surface area contributed by atoms with E-state index in [2.05, 4.69) is 17.2 Å². The van der Waals surface area contributed by atoms with Crippen LogP contribution in [-0.4, -0.2) is 22.8 Å². The monoisotopic (exact) mass is 261 g/mol. The quantitative estimate of drug-likeness (QED) is 0.864. The van der Waals surface area contributed by atoms with E-state index in [1.165, 1.54) is 18.3 Å². The van der Waals surface area contributed by atoms with E-state index in [-0.39, 0.29) is 11.9 Å². The number of carbonyl (C=O) groups excluding carboxylic acids is 2. The van der Waals surface area contributed by atoms with Crippen molar-refractivity contribution in [1.29, 1.82) is 0 Å². The van der Waals surface area contributed by atoms with E-state index in [9.17, 15) is 9.59 Å². The van der Waals surface area contributed by atoms with Crippen molar-refractivity contribution in [3.05, 3.63) is 29.6 Å². The minimum Gasteiger partial charge on any atom is -0.366 e. The van der Waals surface area contributed by atoms with Crippen LogP contribution in [-0.2, 0) is 0 Å². The van der Waals surface area contributed by atoms with Crippen LogP contribution in [0.1, 0.15) is 53.5 Å². The molecule has 1 aliphatic carbocycles. The highest BCUT2D eigenvalue weighted by Gasteiger charge is 2.20. The van der Waals surface area contributed by atoms with Gasteiger partial charge in [-0.05, 0) is 43.7 Å². The summed E-state index contributed by atoms with van der Waals surface area (Å²) in [4.78, 5) is 26.9. The molecule has 0 bridgehead atoms. The number of nitrogens with two attached hydrogens (primary N) is 1. The summed E-state index contributed by atoms with van der Waals surface area (Å²) in [6.45, 7) is 2.24. The summed E-state index contributed by atoms with van der Waals surface area (Å²) >= 11 is 0. The van der Waals surface area contributed by atoms with Crippen LogP contribution in [0.15, 0.2) is 18.3 Å². The summed E-state index contributed by atoms with van der Waals surface area (Å²) in [5.74, 6) is 0.0254. The van der Waals surface area contributed by atoms with Gasteiger partial charge in [0.05, 0.1) is 5.56 Å². The van der Waals surface area contributed by atoms with Crippen molar-refractivity contribution < 1.29 is 9.59 Å². The molecule has 1 aliphatic rings. The molecule has 0 aliphatic heterocycles. The van der Waals surface area contributed by atoms with Gasteiger partial charge in [0.25, 0.3) is 5.91 Å². The van der Waals surface area contributed by atoms with Gasteiger partial charge >= 0.3 is 0 Å². The second-order valence-electron chi connectivity index (χ2n) is 5.23. The van der Waals surface area contributed by atoms with Crippen LogP contribution in [0, 0.1) is 5.92 Å². The molecular formula is C14H19N3O2. The van der Waals surface area contributed by atoms with Crippen LogP contribution >= 0.6 is 0 Å². The molecule has 3 N–H and O–H groups in total. The van der Waals surface area contributed by atoms with Gasteiger partial charge in [0.2, 0.25) is 5.91 Å². The zero-order valence-corrected chi connectivity index (χ0v) is 11.1. The first-order valence-corrected chi connectivity index (χ1v) is 6.63. The molecule has 0 saturated heterocycles. The molecule has 2 rings (SSSR count). The van der Waals surface area contributed by atoms with E-state index in [1.807, 2.05) is 0 Å². The van der Waals surface area contributed by atoms with Crippen LogP contribution in [0.3, 0.4) is 0 Å². The highest BCUT2D eigenvalue weighted by atomic mass is 16.2. The molecule has 102 valence electrons. The number of pyridine rings is 1. The molecule has 1 aromatic rings. The van der Waals surface area contributed by atoms with Crippen LogP contribution < -0.4 is 11.1 Å². The molecule has 0 aromatic carbocycles. The van der Waals surface area contributed by atoms with Gasteiger partial charge in [-0.3, -0.25) is 14.6 Å². The van der Waals surface area contributed by atoms with Crippen LogP contribution in [0.2, 0.25) is 0 Å². The third-order valence-electron chi connectivity index (χ3n) is 3.63. The van der Waals surface area contributed by atoms with Crippen LogP contribution in [0.4, 0.5) is 0 Å². The van der Waals surface area contributed by atoms with Gasteiger partial charge in [-0.2, -0.15) is 0 Å². The summed E-state index contributed by atoms with van der Waals surface area (Å²) < 4.78 is 0. The second kappa shape index (κ2) is 5.82. The molecule has 1 heterocycles. The Balaban J connectivity index is 1.94. The van der Waals surface area contributed by atoms with Crippen LogP contribution in [0.5, 0.6) is 0 Å². The number of hydrogen-bond acceptors (Lipinski definition) is 3. The van der Waals surface area contributed by atoms with Gasteiger partial charge in [0, 0.05) is 12.2 Å². The number of aromatic nitrogens is 1. The van der Waals surface area contributed by atoms with E-state index in [0.717, 1.165) is 31.6 Å². The molecule has 0 spiro atoms. The van der Waals surface area contributed by atoms with E-state index in [1.54, 1.807) is 0 Å². The molecule has 0 unspecified atom stereocenters. The van der Waals surface area contributed by atoms with Crippen LogP contribution in [0.25, 0.3) is 0 Å². The number of rotatable bonds is 3. The number of hydrogen-bond donors (Lipinski definition) is 2. The Kier molecular flexibility index (Phi) is 4.14. The SMILES string of the molecule is CC1CCC(NC(=O)c2ccc(C(N)=O)cn2)CC1. The Hall–Kier alpha value is -1.91. The summed E-state index contributed by atoms with van der Waals surface area (Å²) in [6, 6.07) is 3.29. The second-order valence-corrected chi connectivity index (χ2v) is 5.23. The molecule has 5 nitrogen and oxygen atoms in total. The first-order chi connectivity index (χ1) is 9.06. The van der Waals surface area contributed by atoms with Gasteiger partial charge in [0.1, 0.15) is 5.69 Å². The van der Waals surface area contributed by atoms with Gasteiger partial charge in [-0.1, -0.05) is 6.92 Å². The zero-order valence-electron chi connectivity index (χ0n) is 11.1. The highest BCUT2D eigenvalue weighted by molar-refractivity contribution is 5.95. The Morgan fingerprint density at radius 2 is 1.95 bits per heavy atom. The molecule has 5 heteroatoms. The predicted molar refractivity (Wildman–Crippen MR) is 71.6 cm³/mol. The fourth-order valence-corrected chi connectivity index (χ4v) is 2.34. The molecule has 19 heavy (non-hydrogen) atoms. The number of primary amides is 1. The Morgan fingerprint density at radius 3 is 2.47 bits per heavy atom. The van der Waals surface area contributed by atoms with Crippen molar-refractivity contribution in [1.82, 2.24) is 10.3 Å². The van der Waals surface area contributed by atoms with E-state index >= 15 is 0 Å². The third-order valence-corrected chi connectivity index (χ3v) is 3.63. The topological polar surface area (TPSA) is 85.1 Å². The van der Waals surface area contributed by atoms with Crippen molar-refractivity contribution in [3.63, 3.8) is 0 Å². The Morgan fingerprint density at radius 1 is 1.26 bits per heavy atom. The Labute approximate surface area is 112 Å². The average molecular weight is 261 g/mol. The fourth-order valence-electron chi connectivity index (χ4n) is 2.34. The lowest BCUT2D eigenvalue weighted by atomic mass is 9.87. The summed E-state index contributed by atoms with van der Waals surface area (Å²) in [6.07, 6.45) is 5.68. The van der Waals surface area contributed by atoms with E-state index in [0.29, 0.717) is 11.3 Å². The average Bonchev–Trinajstić information content (AvgIpc) is 2.41. The normalized spacial score (nSPS) is 22.8. The maximum Gasteiger partial charge on any atom is 0.270 e. The van der Waals surface area contributed by atoms with E-state index < -0.39 is 5.91 Å². The predicted octanol–water partition coefficient (Wildman–Crippen LogP) is 1.49. The summed E-state index contributed by atoms with van der Waals surface area (Å²) in [7, 11) is 0. The highest BCUT2D eigenvalue weighted by Crippen LogP contribution is 2.23. The standard InChI is InChI=1S/C14H19N3O2/c1-9-2-5-11(6-3-9)17-14(19)12-7-4-10(8-16-12)13(15)18/h4,7-9,11H,2-3,5-6H2,1H3,(H2,15,18)(H,17,19). The molecule has 1 aromatic heterocycles. The smallest absolute Gasteiger partial charge is 0.270 e. The van der Waals surface area contributed by atoms with E-state index in [4.69, 9.17) is 5.73 Å². The van der Waals surface area contributed by atoms with Crippen molar-refractivity contribution in [2.75, 3.05) is 0 Å². The maximum absolute atomic E-state index is 12.0. The molecule has 0 atom stereocenters. The lowest BCUT2D eigenvalue weighted by Gasteiger charge is -2.26. The summed E-state index contributed by atoms with van der Waals surface area (Å²) in [5.41, 5.74) is 5.75. The lowest BCUT2D eigenvalue weighted by molar-refractivity contribution is 0.0916. The largest absolute Gasteiger partial charge is 0.366 e. The molecule has 0 radical (unpaired) electrons. The number of carbonyl (C=O) groups is 2. The maximum atomic E-state index is 12.0. The molecular weight excluding hydrogens is 242 g/mol. The molecule has 1 saturated carbocycles. The fraction of sp³-hybridized carbons (Fsp3) is 0.500. The van der Waals surface area contributed by atoms with Crippen molar-refractivity contribution in [2.45, 2.75) is 38.6 Å². The number of nitrogens with zero attached hydrogens (tertiary/aromatic N) is 1. The first kappa shape index (κ1) is 13.5. The molecule has 2 amide bonds. The molecule has 1 fully saturated rings. The number of amides is 2. The van der Waals surface area contributed by atoms with Gasteiger partial charge in [-0.15, -0.1) is 0 Å². The van der Waals surface area contributed by atoms with Crippen molar-refractivity contribution in [2.24, 2.45) is 11.7 Å². The minimum absolute atomic E-state index is 0.185.